The molecule has 0 aliphatic carbocycles. The van der Waals surface area contributed by atoms with Gasteiger partial charge in [0.2, 0.25) is 5.91 Å². The maximum Gasteiger partial charge on any atom is 0.251 e. The first kappa shape index (κ1) is 16.5. The van der Waals surface area contributed by atoms with Crippen molar-refractivity contribution in [1.29, 1.82) is 0 Å². The van der Waals surface area contributed by atoms with Crippen LogP contribution in [0.4, 0.5) is 10.1 Å². The maximum absolute atomic E-state index is 13.4. The lowest BCUT2D eigenvalue weighted by molar-refractivity contribution is -0.118. The molecule has 0 unspecified atom stereocenters. The molecule has 4 nitrogen and oxygen atoms in total. The van der Waals surface area contributed by atoms with Gasteiger partial charge in [0.1, 0.15) is 5.82 Å². The van der Waals surface area contributed by atoms with Gasteiger partial charge in [-0.1, -0.05) is 18.2 Å². The number of H-pyrrole nitrogens is 1. The second-order valence-corrected chi connectivity index (χ2v) is 6.63. The zero-order chi connectivity index (χ0) is 18.1. The Morgan fingerprint density at radius 2 is 2.00 bits per heavy atom. The molecule has 2 aromatic carbocycles. The lowest BCUT2D eigenvalue weighted by Crippen LogP contribution is -2.35. The first-order valence-electron chi connectivity index (χ1n) is 8.81. The molecule has 3 aromatic rings. The number of aryl methyl sites for hydroxylation is 2. The number of aromatic amines is 1. The minimum atomic E-state index is -0.350. The molecule has 0 fully saturated rings. The van der Waals surface area contributed by atoms with Gasteiger partial charge in [0.15, 0.2) is 0 Å². The molecule has 132 valence electrons. The number of halogens is 1. The summed E-state index contributed by atoms with van der Waals surface area (Å²) in [4.78, 5) is 29.5. The number of aromatic nitrogens is 1. The molecule has 0 atom stereocenters. The van der Waals surface area contributed by atoms with Gasteiger partial charge in [-0.15, -0.1) is 0 Å². The second-order valence-electron chi connectivity index (χ2n) is 6.63. The van der Waals surface area contributed by atoms with Gasteiger partial charge in [0, 0.05) is 35.1 Å². The number of carbonyl (C=O) groups excluding carboxylic acids is 1. The van der Waals surface area contributed by atoms with Crippen molar-refractivity contribution in [3.8, 4) is 0 Å². The van der Waals surface area contributed by atoms with E-state index in [0.717, 1.165) is 18.5 Å². The fraction of sp³-hybridized carbons (Fsp3) is 0.238. The Kier molecular flexibility index (Phi) is 4.29. The van der Waals surface area contributed by atoms with Crippen LogP contribution in [0.5, 0.6) is 0 Å². The lowest BCUT2D eigenvalue weighted by Gasteiger charge is -2.29. The molecule has 2 heterocycles. The molecular formula is C21H19FN2O2. The summed E-state index contributed by atoms with van der Waals surface area (Å²) in [5.41, 5.74) is 3.03. The van der Waals surface area contributed by atoms with Crippen LogP contribution in [0.2, 0.25) is 0 Å². The number of para-hydroxylation sites is 1. The highest BCUT2D eigenvalue weighted by Crippen LogP contribution is 2.27. The highest BCUT2D eigenvalue weighted by Gasteiger charge is 2.22. The predicted octanol–water partition coefficient (Wildman–Crippen LogP) is 3.58. The normalized spacial score (nSPS) is 13.7. The van der Waals surface area contributed by atoms with E-state index in [1.165, 1.54) is 17.7 Å². The number of nitrogens with one attached hydrogen (secondary N) is 1. The maximum atomic E-state index is 13.4. The van der Waals surface area contributed by atoms with Crippen LogP contribution in [0, 0.1) is 5.82 Å². The average molecular weight is 350 g/mol. The van der Waals surface area contributed by atoms with Gasteiger partial charge in [0.25, 0.3) is 5.56 Å². The SMILES string of the molecule is O=C(CCc1cc2cc(F)ccc2[nH]c1=O)N1CCCc2ccccc21. The molecule has 1 aliphatic rings. The fourth-order valence-electron chi connectivity index (χ4n) is 3.58. The molecule has 5 heteroatoms. The Balaban J connectivity index is 1.54. The molecule has 4 rings (SSSR count). The summed E-state index contributed by atoms with van der Waals surface area (Å²) in [6.07, 6.45) is 2.51. The summed E-state index contributed by atoms with van der Waals surface area (Å²) in [6, 6.07) is 13.9. The molecule has 0 radical (unpaired) electrons. The topological polar surface area (TPSA) is 53.2 Å². The summed E-state index contributed by atoms with van der Waals surface area (Å²) in [5, 5.41) is 0.635. The molecule has 1 amide bonds. The van der Waals surface area contributed by atoms with Crippen LogP contribution in [-0.2, 0) is 17.6 Å². The van der Waals surface area contributed by atoms with Crippen molar-refractivity contribution in [3.05, 3.63) is 75.8 Å². The number of hydrogen-bond donors (Lipinski definition) is 1. The van der Waals surface area contributed by atoms with E-state index >= 15 is 0 Å². The van der Waals surface area contributed by atoms with Crippen molar-refractivity contribution in [3.63, 3.8) is 0 Å². The first-order chi connectivity index (χ1) is 12.6. The number of carbonyl (C=O) groups is 1. The highest BCUT2D eigenvalue weighted by molar-refractivity contribution is 5.94. The van der Waals surface area contributed by atoms with E-state index in [4.69, 9.17) is 0 Å². The Morgan fingerprint density at radius 3 is 2.88 bits per heavy atom. The number of fused-ring (bicyclic) bond motifs is 2. The average Bonchev–Trinajstić information content (AvgIpc) is 2.66. The highest BCUT2D eigenvalue weighted by atomic mass is 19.1. The molecule has 1 N–H and O–H groups in total. The van der Waals surface area contributed by atoms with Crippen LogP contribution < -0.4 is 10.5 Å². The number of anilines is 1. The second kappa shape index (κ2) is 6.75. The van der Waals surface area contributed by atoms with E-state index in [2.05, 4.69) is 11.1 Å². The Morgan fingerprint density at radius 1 is 1.15 bits per heavy atom. The van der Waals surface area contributed by atoms with E-state index in [1.54, 1.807) is 12.1 Å². The van der Waals surface area contributed by atoms with Gasteiger partial charge in [-0.3, -0.25) is 9.59 Å². The third-order valence-electron chi connectivity index (χ3n) is 4.90. The fourth-order valence-corrected chi connectivity index (χ4v) is 3.58. The molecule has 0 saturated carbocycles. The van der Waals surface area contributed by atoms with Crippen molar-refractivity contribution in [2.75, 3.05) is 11.4 Å². The summed E-state index contributed by atoms with van der Waals surface area (Å²) < 4.78 is 13.4. The van der Waals surface area contributed by atoms with Gasteiger partial charge >= 0.3 is 0 Å². The third kappa shape index (κ3) is 3.12. The molecule has 0 bridgehead atoms. The number of rotatable bonds is 3. The predicted molar refractivity (Wildman–Crippen MR) is 100.0 cm³/mol. The zero-order valence-corrected chi connectivity index (χ0v) is 14.3. The number of hydrogen-bond acceptors (Lipinski definition) is 2. The summed E-state index contributed by atoms with van der Waals surface area (Å²) in [6.45, 7) is 0.704. The van der Waals surface area contributed by atoms with Crippen LogP contribution in [0.25, 0.3) is 10.9 Å². The minimum absolute atomic E-state index is 0.0101. The van der Waals surface area contributed by atoms with Gasteiger partial charge in [-0.05, 0) is 55.2 Å². The van der Waals surface area contributed by atoms with Crippen LogP contribution in [0.1, 0.15) is 24.0 Å². The van der Waals surface area contributed by atoms with Crippen molar-refractivity contribution >= 4 is 22.5 Å². The molecule has 1 aromatic heterocycles. The number of benzene rings is 2. The van der Waals surface area contributed by atoms with Gasteiger partial charge in [-0.25, -0.2) is 4.39 Å². The number of nitrogens with zero attached hydrogens (tertiary/aromatic N) is 1. The van der Waals surface area contributed by atoms with Crippen molar-refractivity contribution in [1.82, 2.24) is 4.98 Å². The van der Waals surface area contributed by atoms with Crippen molar-refractivity contribution < 1.29 is 9.18 Å². The van der Waals surface area contributed by atoms with Gasteiger partial charge in [0.05, 0.1) is 0 Å². The standard InChI is InChI=1S/C21H19FN2O2/c22-17-8-9-18-16(13-17)12-15(21(26)23-18)7-10-20(25)24-11-3-5-14-4-1-2-6-19(14)24/h1-2,4,6,8-9,12-13H,3,5,7,10-11H2,(H,23,26). The molecule has 26 heavy (non-hydrogen) atoms. The van der Waals surface area contributed by atoms with Gasteiger partial charge < -0.3 is 9.88 Å². The Hall–Kier alpha value is -2.95. The van der Waals surface area contributed by atoms with Crippen LogP contribution in [-0.4, -0.2) is 17.4 Å². The van der Waals surface area contributed by atoms with Crippen LogP contribution in [0.3, 0.4) is 0 Å². The van der Waals surface area contributed by atoms with Crippen molar-refractivity contribution in [2.45, 2.75) is 25.7 Å². The number of pyridine rings is 1. The Labute approximate surface area is 150 Å². The van der Waals surface area contributed by atoms with Gasteiger partial charge in [-0.2, -0.15) is 0 Å². The summed E-state index contributed by atoms with van der Waals surface area (Å²) in [7, 11) is 0. The van der Waals surface area contributed by atoms with E-state index in [-0.39, 0.29) is 23.7 Å². The minimum Gasteiger partial charge on any atom is -0.322 e. The lowest BCUT2D eigenvalue weighted by atomic mass is 10.0. The molecule has 0 spiro atoms. The quantitative estimate of drug-likeness (QED) is 0.785. The first-order valence-corrected chi connectivity index (χ1v) is 8.81. The van der Waals surface area contributed by atoms with Crippen LogP contribution >= 0.6 is 0 Å². The molecule has 0 saturated heterocycles. The van der Waals surface area contributed by atoms with Crippen molar-refractivity contribution in [2.24, 2.45) is 0 Å². The molecular weight excluding hydrogens is 331 g/mol. The van der Waals surface area contributed by atoms with E-state index in [1.807, 2.05) is 23.1 Å². The van der Waals surface area contributed by atoms with E-state index in [0.29, 0.717) is 29.4 Å². The monoisotopic (exact) mass is 350 g/mol. The number of amides is 1. The van der Waals surface area contributed by atoms with E-state index in [9.17, 15) is 14.0 Å². The van der Waals surface area contributed by atoms with E-state index < -0.39 is 0 Å². The summed E-state index contributed by atoms with van der Waals surface area (Å²) in [5.74, 6) is -0.340. The van der Waals surface area contributed by atoms with Crippen LogP contribution in [0.15, 0.2) is 53.3 Å². The molecule has 1 aliphatic heterocycles. The smallest absolute Gasteiger partial charge is 0.251 e. The summed E-state index contributed by atoms with van der Waals surface area (Å²) >= 11 is 0. The Bertz CT molecular complexity index is 1040. The zero-order valence-electron chi connectivity index (χ0n) is 14.3. The largest absolute Gasteiger partial charge is 0.322 e. The third-order valence-corrected chi connectivity index (χ3v) is 4.90.